The molecule has 0 fully saturated rings. The van der Waals surface area contributed by atoms with Crippen LogP contribution >= 0.6 is 11.8 Å². The molecule has 0 spiro atoms. The number of hydrogen-bond donors (Lipinski definition) is 0. The SMILES string of the molecule is COC(=O)c1ccc(-c2ccncc2SC)cc1. The van der Waals surface area contributed by atoms with E-state index in [1.54, 1.807) is 30.1 Å². The van der Waals surface area contributed by atoms with Gasteiger partial charge in [-0.2, -0.15) is 0 Å². The van der Waals surface area contributed by atoms with Crippen LogP contribution < -0.4 is 0 Å². The minimum atomic E-state index is -0.318. The summed E-state index contributed by atoms with van der Waals surface area (Å²) >= 11 is 1.65. The highest BCUT2D eigenvalue weighted by atomic mass is 32.2. The summed E-state index contributed by atoms with van der Waals surface area (Å²) in [6, 6.07) is 9.35. The van der Waals surface area contributed by atoms with Gasteiger partial charge in [0.05, 0.1) is 12.7 Å². The van der Waals surface area contributed by atoms with Crippen molar-refractivity contribution in [2.24, 2.45) is 0 Å². The van der Waals surface area contributed by atoms with Crippen molar-refractivity contribution in [2.75, 3.05) is 13.4 Å². The lowest BCUT2D eigenvalue weighted by Crippen LogP contribution is -2.00. The Morgan fingerprint density at radius 1 is 1.22 bits per heavy atom. The number of pyridine rings is 1. The zero-order valence-electron chi connectivity index (χ0n) is 10.2. The van der Waals surface area contributed by atoms with Gasteiger partial charge in [0.25, 0.3) is 0 Å². The molecule has 0 saturated carbocycles. The molecular weight excluding hydrogens is 246 g/mol. The van der Waals surface area contributed by atoms with Crippen LogP contribution in [-0.4, -0.2) is 24.3 Å². The highest BCUT2D eigenvalue weighted by Gasteiger charge is 2.07. The molecule has 92 valence electrons. The van der Waals surface area contributed by atoms with Crippen molar-refractivity contribution in [3.05, 3.63) is 48.3 Å². The van der Waals surface area contributed by atoms with Crippen molar-refractivity contribution in [3.8, 4) is 11.1 Å². The second kappa shape index (κ2) is 5.69. The molecule has 18 heavy (non-hydrogen) atoms. The molecule has 0 amide bonds. The van der Waals surface area contributed by atoms with Crippen molar-refractivity contribution >= 4 is 17.7 Å². The van der Waals surface area contributed by atoms with Crippen LogP contribution in [0.4, 0.5) is 0 Å². The van der Waals surface area contributed by atoms with Gasteiger partial charge < -0.3 is 4.74 Å². The Kier molecular flexibility index (Phi) is 3.99. The first-order chi connectivity index (χ1) is 8.76. The van der Waals surface area contributed by atoms with Crippen LogP contribution in [0, 0.1) is 0 Å². The molecule has 1 aromatic carbocycles. The first-order valence-corrected chi connectivity index (χ1v) is 6.65. The van der Waals surface area contributed by atoms with Gasteiger partial charge in [-0.25, -0.2) is 4.79 Å². The maximum absolute atomic E-state index is 11.3. The lowest BCUT2D eigenvalue weighted by molar-refractivity contribution is 0.0601. The summed E-state index contributed by atoms with van der Waals surface area (Å²) in [7, 11) is 1.38. The van der Waals surface area contributed by atoms with Gasteiger partial charge in [-0.05, 0) is 35.6 Å². The maximum Gasteiger partial charge on any atom is 0.337 e. The highest BCUT2D eigenvalue weighted by molar-refractivity contribution is 7.98. The molecule has 0 N–H and O–H groups in total. The molecule has 0 aliphatic carbocycles. The van der Waals surface area contributed by atoms with Gasteiger partial charge in [0.15, 0.2) is 0 Å². The fourth-order valence-electron chi connectivity index (χ4n) is 1.68. The number of methoxy groups -OCH3 is 1. The predicted octanol–water partition coefficient (Wildman–Crippen LogP) is 3.26. The van der Waals surface area contributed by atoms with E-state index in [0.717, 1.165) is 16.0 Å². The Morgan fingerprint density at radius 3 is 2.56 bits per heavy atom. The van der Waals surface area contributed by atoms with Crippen LogP contribution in [0.3, 0.4) is 0 Å². The number of hydrogen-bond acceptors (Lipinski definition) is 4. The van der Waals surface area contributed by atoms with Gasteiger partial charge >= 0.3 is 5.97 Å². The third-order valence-corrected chi connectivity index (χ3v) is 3.39. The molecule has 0 aliphatic heterocycles. The summed E-state index contributed by atoms with van der Waals surface area (Å²) in [4.78, 5) is 16.6. The van der Waals surface area contributed by atoms with Crippen LogP contribution in [0.1, 0.15) is 10.4 Å². The van der Waals surface area contributed by atoms with E-state index in [4.69, 9.17) is 0 Å². The van der Waals surface area contributed by atoms with E-state index in [9.17, 15) is 4.79 Å². The summed E-state index contributed by atoms with van der Waals surface area (Å²) in [5.41, 5.74) is 2.74. The Hall–Kier alpha value is -1.81. The van der Waals surface area contributed by atoms with E-state index in [1.807, 2.05) is 30.7 Å². The highest BCUT2D eigenvalue weighted by Crippen LogP contribution is 2.29. The molecule has 3 nitrogen and oxygen atoms in total. The molecular formula is C14H13NO2S. The summed E-state index contributed by atoms with van der Waals surface area (Å²) in [6.07, 6.45) is 5.63. The van der Waals surface area contributed by atoms with E-state index >= 15 is 0 Å². The average molecular weight is 259 g/mol. The number of aromatic nitrogens is 1. The fourth-order valence-corrected chi connectivity index (χ4v) is 2.26. The quantitative estimate of drug-likeness (QED) is 0.626. The van der Waals surface area contributed by atoms with Gasteiger partial charge in [0.1, 0.15) is 0 Å². The topological polar surface area (TPSA) is 39.2 Å². The molecule has 2 rings (SSSR count). The van der Waals surface area contributed by atoms with Crippen LogP contribution in [-0.2, 0) is 4.74 Å². The molecule has 4 heteroatoms. The summed E-state index contributed by atoms with van der Waals surface area (Å²) < 4.78 is 4.67. The molecule has 2 aromatic rings. The molecule has 0 radical (unpaired) electrons. The van der Waals surface area contributed by atoms with Crippen molar-refractivity contribution < 1.29 is 9.53 Å². The molecule has 0 bridgehead atoms. The second-order valence-corrected chi connectivity index (χ2v) is 4.49. The Morgan fingerprint density at radius 2 is 1.94 bits per heavy atom. The van der Waals surface area contributed by atoms with E-state index < -0.39 is 0 Å². The van der Waals surface area contributed by atoms with Gasteiger partial charge in [-0.3, -0.25) is 4.98 Å². The summed E-state index contributed by atoms with van der Waals surface area (Å²) in [5, 5.41) is 0. The largest absolute Gasteiger partial charge is 0.465 e. The predicted molar refractivity (Wildman–Crippen MR) is 72.8 cm³/mol. The smallest absolute Gasteiger partial charge is 0.337 e. The Labute approximate surface area is 110 Å². The van der Waals surface area contributed by atoms with E-state index in [0.29, 0.717) is 5.56 Å². The Balaban J connectivity index is 2.37. The monoisotopic (exact) mass is 259 g/mol. The van der Waals surface area contributed by atoms with Crippen molar-refractivity contribution in [1.29, 1.82) is 0 Å². The molecule has 1 aromatic heterocycles. The van der Waals surface area contributed by atoms with Crippen LogP contribution in [0.25, 0.3) is 11.1 Å². The van der Waals surface area contributed by atoms with Crippen LogP contribution in [0.2, 0.25) is 0 Å². The number of rotatable bonds is 3. The molecule has 0 atom stereocenters. The average Bonchev–Trinajstić information content (AvgIpc) is 2.46. The summed E-state index contributed by atoms with van der Waals surface area (Å²) in [6.45, 7) is 0. The van der Waals surface area contributed by atoms with Crippen LogP contribution in [0.5, 0.6) is 0 Å². The number of nitrogens with zero attached hydrogens (tertiary/aromatic N) is 1. The third-order valence-electron chi connectivity index (χ3n) is 2.62. The fraction of sp³-hybridized carbons (Fsp3) is 0.143. The zero-order chi connectivity index (χ0) is 13.0. The van der Waals surface area contributed by atoms with Crippen molar-refractivity contribution in [2.45, 2.75) is 4.90 Å². The first-order valence-electron chi connectivity index (χ1n) is 5.43. The number of benzene rings is 1. The molecule has 0 saturated heterocycles. The standard InChI is InChI=1S/C14H13NO2S/c1-17-14(16)11-5-3-10(4-6-11)12-7-8-15-9-13(12)18-2/h3-9H,1-2H3. The van der Waals surface area contributed by atoms with Gasteiger partial charge in [0.2, 0.25) is 0 Å². The minimum absolute atomic E-state index is 0.318. The van der Waals surface area contributed by atoms with Crippen molar-refractivity contribution in [1.82, 2.24) is 4.98 Å². The molecule has 0 aliphatic rings. The number of carbonyl (C=O) groups excluding carboxylic acids is 1. The first kappa shape index (κ1) is 12.6. The van der Waals surface area contributed by atoms with E-state index in [-0.39, 0.29) is 5.97 Å². The van der Waals surface area contributed by atoms with Gasteiger partial charge in [0, 0.05) is 17.3 Å². The molecule has 1 heterocycles. The van der Waals surface area contributed by atoms with Gasteiger partial charge in [-0.15, -0.1) is 11.8 Å². The number of thioether (sulfide) groups is 1. The zero-order valence-corrected chi connectivity index (χ0v) is 11.0. The van der Waals surface area contributed by atoms with Crippen molar-refractivity contribution in [3.63, 3.8) is 0 Å². The lowest BCUT2D eigenvalue weighted by Gasteiger charge is -2.07. The second-order valence-electron chi connectivity index (χ2n) is 3.64. The third kappa shape index (κ3) is 2.54. The number of ether oxygens (including phenoxy) is 1. The Bertz CT molecular complexity index is 552. The van der Waals surface area contributed by atoms with Crippen LogP contribution in [0.15, 0.2) is 47.6 Å². The maximum atomic E-state index is 11.3. The van der Waals surface area contributed by atoms with Gasteiger partial charge in [-0.1, -0.05) is 12.1 Å². The number of carbonyl (C=O) groups is 1. The minimum Gasteiger partial charge on any atom is -0.465 e. The lowest BCUT2D eigenvalue weighted by atomic mass is 10.1. The van der Waals surface area contributed by atoms with E-state index in [1.165, 1.54) is 7.11 Å². The summed E-state index contributed by atoms with van der Waals surface area (Å²) in [5.74, 6) is -0.318. The molecule has 0 unspecified atom stereocenters. The number of esters is 1. The normalized spacial score (nSPS) is 10.1. The van der Waals surface area contributed by atoms with E-state index in [2.05, 4.69) is 9.72 Å².